The average Bonchev–Trinajstić information content (AvgIpc) is 2.15. The second kappa shape index (κ2) is 3.70. The fourth-order valence-corrected chi connectivity index (χ4v) is 1.57. The number of nitrogens with two attached hydrogens (primary N) is 1. The molecule has 1 aromatic heterocycles. The van der Waals surface area contributed by atoms with Gasteiger partial charge in [-0.15, -0.1) is 0 Å². The maximum Gasteiger partial charge on any atom is 0.253 e. The molecule has 0 unspecified atom stereocenters. The first-order chi connectivity index (χ1) is 7.46. The Kier molecular flexibility index (Phi) is 2.49. The van der Waals surface area contributed by atoms with E-state index < -0.39 is 17.9 Å². The summed E-state index contributed by atoms with van der Waals surface area (Å²) in [5.41, 5.74) is 5.68. The zero-order chi connectivity index (χ0) is 11.8. The molecular formula is C10H11F2N3O. The standard InChI is InChI=1S/C10H11F2N3O/c11-10(12)3-7(4-10)15-9(16)6-1-2-8(13)14-5-6/h1-2,5,7H,3-4H2,(H2,13,14)(H,15,16). The number of hydrogen-bond acceptors (Lipinski definition) is 3. The van der Waals surface area contributed by atoms with E-state index in [0.29, 0.717) is 11.4 Å². The highest BCUT2D eigenvalue weighted by Crippen LogP contribution is 2.37. The summed E-state index contributed by atoms with van der Waals surface area (Å²) in [6.07, 6.45) is 0.740. The van der Waals surface area contributed by atoms with Crippen LogP contribution in [0.5, 0.6) is 0 Å². The number of pyridine rings is 1. The number of hydrogen-bond donors (Lipinski definition) is 2. The van der Waals surface area contributed by atoms with Crippen molar-refractivity contribution >= 4 is 11.7 Å². The van der Waals surface area contributed by atoms with Crippen molar-refractivity contribution < 1.29 is 13.6 Å². The van der Waals surface area contributed by atoms with E-state index >= 15 is 0 Å². The summed E-state index contributed by atoms with van der Waals surface area (Å²) < 4.78 is 25.0. The molecule has 1 aliphatic carbocycles. The van der Waals surface area contributed by atoms with Gasteiger partial charge in [-0.3, -0.25) is 4.79 Å². The van der Waals surface area contributed by atoms with Crippen molar-refractivity contribution in [3.8, 4) is 0 Å². The molecule has 16 heavy (non-hydrogen) atoms. The van der Waals surface area contributed by atoms with Crippen molar-refractivity contribution in [2.75, 3.05) is 5.73 Å². The summed E-state index contributed by atoms with van der Waals surface area (Å²) in [6, 6.07) is 2.55. The van der Waals surface area contributed by atoms with Gasteiger partial charge in [-0.2, -0.15) is 0 Å². The second-order valence-corrected chi connectivity index (χ2v) is 3.91. The second-order valence-electron chi connectivity index (χ2n) is 3.91. The topological polar surface area (TPSA) is 68.0 Å². The van der Waals surface area contributed by atoms with Gasteiger partial charge < -0.3 is 11.1 Å². The van der Waals surface area contributed by atoms with Crippen molar-refractivity contribution in [2.45, 2.75) is 24.8 Å². The number of carbonyl (C=O) groups is 1. The van der Waals surface area contributed by atoms with E-state index in [1.165, 1.54) is 18.3 Å². The van der Waals surface area contributed by atoms with Crippen LogP contribution in [0.2, 0.25) is 0 Å². The summed E-state index contributed by atoms with van der Waals surface area (Å²) in [5, 5.41) is 2.51. The first kappa shape index (κ1) is 10.8. The Morgan fingerprint density at radius 3 is 2.69 bits per heavy atom. The van der Waals surface area contributed by atoms with Crippen LogP contribution in [-0.4, -0.2) is 22.9 Å². The highest BCUT2D eigenvalue weighted by atomic mass is 19.3. The van der Waals surface area contributed by atoms with E-state index in [2.05, 4.69) is 10.3 Å². The van der Waals surface area contributed by atoms with Crippen molar-refractivity contribution in [2.24, 2.45) is 0 Å². The van der Waals surface area contributed by atoms with Gasteiger partial charge in [-0.05, 0) is 12.1 Å². The number of aromatic nitrogens is 1. The zero-order valence-corrected chi connectivity index (χ0v) is 8.41. The van der Waals surface area contributed by atoms with Crippen LogP contribution in [0, 0.1) is 0 Å². The maximum atomic E-state index is 12.5. The molecule has 1 saturated carbocycles. The predicted octanol–water partition coefficient (Wildman–Crippen LogP) is 1.19. The van der Waals surface area contributed by atoms with E-state index in [9.17, 15) is 13.6 Å². The Morgan fingerprint density at radius 1 is 1.50 bits per heavy atom. The molecule has 1 fully saturated rings. The Balaban J connectivity index is 1.92. The number of alkyl halides is 2. The SMILES string of the molecule is Nc1ccc(C(=O)NC2CC(F)(F)C2)cn1. The largest absolute Gasteiger partial charge is 0.384 e. The first-order valence-corrected chi connectivity index (χ1v) is 4.86. The lowest BCUT2D eigenvalue weighted by molar-refractivity contribution is -0.0901. The molecule has 0 atom stereocenters. The molecule has 1 heterocycles. The van der Waals surface area contributed by atoms with Gasteiger partial charge in [0.2, 0.25) is 0 Å². The minimum Gasteiger partial charge on any atom is -0.384 e. The third kappa shape index (κ3) is 2.26. The Labute approximate surface area is 90.9 Å². The number of halogens is 2. The van der Waals surface area contributed by atoms with Crippen molar-refractivity contribution in [1.82, 2.24) is 10.3 Å². The number of nitrogens with zero attached hydrogens (tertiary/aromatic N) is 1. The molecule has 1 aromatic rings. The lowest BCUT2D eigenvalue weighted by Gasteiger charge is -2.35. The van der Waals surface area contributed by atoms with E-state index in [0.717, 1.165) is 0 Å². The Hall–Kier alpha value is -1.72. The van der Waals surface area contributed by atoms with Crippen molar-refractivity contribution in [1.29, 1.82) is 0 Å². The number of nitrogen functional groups attached to an aromatic ring is 1. The van der Waals surface area contributed by atoms with Crippen LogP contribution in [0.1, 0.15) is 23.2 Å². The highest BCUT2D eigenvalue weighted by molar-refractivity contribution is 5.94. The fourth-order valence-electron chi connectivity index (χ4n) is 1.57. The van der Waals surface area contributed by atoms with Crippen LogP contribution >= 0.6 is 0 Å². The number of anilines is 1. The summed E-state index contributed by atoms with van der Waals surface area (Å²) in [7, 11) is 0. The summed E-state index contributed by atoms with van der Waals surface area (Å²) in [6.45, 7) is 0. The molecular weight excluding hydrogens is 216 g/mol. The Morgan fingerprint density at radius 2 is 2.19 bits per heavy atom. The van der Waals surface area contributed by atoms with Gasteiger partial charge in [0.1, 0.15) is 5.82 Å². The van der Waals surface area contributed by atoms with Crippen LogP contribution in [0.15, 0.2) is 18.3 Å². The molecule has 3 N–H and O–H groups in total. The van der Waals surface area contributed by atoms with E-state index in [-0.39, 0.29) is 12.8 Å². The van der Waals surface area contributed by atoms with Crippen LogP contribution in [-0.2, 0) is 0 Å². The summed E-state index contributed by atoms with van der Waals surface area (Å²) in [4.78, 5) is 15.3. The van der Waals surface area contributed by atoms with E-state index in [4.69, 9.17) is 5.73 Å². The molecule has 0 saturated heterocycles. The monoisotopic (exact) mass is 227 g/mol. The highest BCUT2D eigenvalue weighted by Gasteiger charge is 2.45. The van der Waals surface area contributed by atoms with Gasteiger partial charge >= 0.3 is 0 Å². The van der Waals surface area contributed by atoms with E-state index in [1.807, 2.05) is 0 Å². The van der Waals surface area contributed by atoms with Crippen molar-refractivity contribution in [3.63, 3.8) is 0 Å². The van der Waals surface area contributed by atoms with Crippen molar-refractivity contribution in [3.05, 3.63) is 23.9 Å². The van der Waals surface area contributed by atoms with E-state index in [1.54, 1.807) is 0 Å². The lowest BCUT2D eigenvalue weighted by Crippen LogP contribution is -2.50. The van der Waals surface area contributed by atoms with Crippen LogP contribution in [0.3, 0.4) is 0 Å². The number of nitrogens with one attached hydrogen (secondary N) is 1. The van der Waals surface area contributed by atoms with Crippen LogP contribution in [0.4, 0.5) is 14.6 Å². The number of carbonyl (C=O) groups excluding carboxylic acids is 1. The van der Waals surface area contributed by atoms with Crippen LogP contribution in [0.25, 0.3) is 0 Å². The molecule has 0 bridgehead atoms. The zero-order valence-electron chi connectivity index (χ0n) is 8.41. The summed E-state index contributed by atoms with van der Waals surface area (Å²) in [5.74, 6) is -2.71. The normalized spacial score (nSPS) is 18.9. The predicted molar refractivity (Wildman–Crippen MR) is 54.1 cm³/mol. The molecule has 1 aliphatic rings. The summed E-state index contributed by atoms with van der Waals surface area (Å²) >= 11 is 0. The molecule has 2 rings (SSSR count). The minimum absolute atomic E-state index is 0.291. The minimum atomic E-state index is -2.63. The quantitative estimate of drug-likeness (QED) is 0.797. The van der Waals surface area contributed by atoms with Gasteiger partial charge in [0, 0.05) is 25.1 Å². The molecule has 6 heteroatoms. The van der Waals surface area contributed by atoms with Gasteiger partial charge in [-0.1, -0.05) is 0 Å². The number of rotatable bonds is 2. The molecule has 0 aliphatic heterocycles. The van der Waals surface area contributed by atoms with Gasteiger partial charge in [0.05, 0.1) is 5.56 Å². The fraction of sp³-hybridized carbons (Fsp3) is 0.400. The molecule has 86 valence electrons. The van der Waals surface area contributed by atoms with Gasteiger partial charge in [-0.25, -0.2) is 13.8 Å². The smallest absolute Gasteiger partial charge is 0.253 e. The lowest BCUT2D eigenvalue weighted by atomic mass is 9.88. The molecule has 4 nitrogen and oxygen atoms in total. The van der Waals surface area contributed by atoms with Gasteiger partial charge in [0.25, 0.3) is 11.8 Å². The average molecular weight is 227 g/mol. The Bertz CT molecular complexity index is 397. The molecule has 0 aromatic carbocycles. The molecule has 1 amide bonds. The molecule has 0 radical (unpaired) electrons. The molecule has 0 spiro atoms. The third-order valence-corrected chi connectivity index (χ3v) is 2.47. The number of amides is 1. The third-order valence-electron chi connectivity index (χ3n) is 2.47. The van der Waals surface area contributed by atoms with Gasteiger partial charge in [0.15, 0.2) is 0 Å². The van der Waals surface area contributed by atoms with Crippen LogP contribution < -0.4 is 11.1 Å². The maximum absolute atomic E-state index is 12.5. The first-order valence-electron chi connectivity index (χ1n) is 4.86.